The molecule has 1 amide bonds. The number of carbonyl (C=O) groups excluding carboxylic acids is 1. The number of ether oxygens (including phenoxy) is 1. The molecule has 0 unspecified atom stereocenters. The van der Waals surface area contributed by atoms with Gasteiger partial charge < -0.3 is 10.1 Å². The normalized spacial score (nSPS) is 27.4. The van der Waals surface area contributed by atoms with Gasteiger partial charge in [0.25, 0.3) is 0 Å². The van der Waals surface area contributed by atoms with Crippen LogP contribution in [0.15, 0.2) is 0 Å². The van der Waals surface area contributed by atoms with E-state index >= 15 is 0 Å². The van der Waals surface area contributed by atoms with Gasteiger partial charge in [0.1, 0.15) is 5.60 Å². The summed E-state index contributed by atoms with van der Waals surface area (Å²) in [4.78, 5) is 11.4. The molecule has 3 heteroatoms. The topological polar surface area (TPSA) is 38.3 Å². The van der Waals surface area contributed by atoms with E-state index in [1.54, 1.807) is 0 Å². The fourth-order valence-corrected chi connectivity index (χ4v) is 1.81. The van der Waals surface area contributed by atoms with Crippen molar-refractivity contribution in [1.82, 2.24) is 5.32 Å². The number of amides is 1. The maximum Gasteiger partial charge on any atom is 0.407 e. The van der Waals surface area contributed by atoms with Gasteiger partial charge in [-0.1, -0.05) is 6.92 Å². The zero-order valence-electron chi connectivity index (χ0n) is 9.59. The van der Waals surface area contributed by atoms with E-state index in [2.05, 4.69) is 12.2 Å². The molecule has 82 valence electrons. The second kappa shape index (κ2) is 4.20. The van der Waals surface area contributed by atoms with Crippen LogP contribution in [0.25, 0.3) is 0 Å². The number of hydrogen-bond acceptors (Lipinski definition) is 2. The van der Waals surface area contributed by atoms with Crippen molar-refractivity contribution in [2.75, 3.05) is 0 Å². The molecular weight excluding hydrogens is 178 g/mol. The van der Waals surface area contributed by atoms with Crippen LogP contribution in [-0.2, 0) is 4.74 Å². The molecule has 1 N–H and O–H groups in total. The first kappa shape index (κ1) is 11.3. The van der Waals surface area contributed by atoms with E-state index in [1.807, 2.05) is 20.8 Å². The number of alkyl carbamates (subject to hydrolysis) is 1. The van der Waals surface area contributed by atoms with Crippen molar-refractivity contribution in [1.29, 1.82) is 0 Å². The molecule has 0 aromatic rings. The third kappa shape index (κ3) is 3.99. The largest absolute Gasteiger partial charge is 0.444 e. The van der Waals surface area contributed by atoms with Gasteiger partial charge in [-0.25, -0.2) is 4.79 Å². The van der Waals surface area contributed by atoms with Crippen molar-refractivity contribution < 1.29 is 9.53 Å². The van der Waals surface area contributed by atoms with Crippen LogP contribution in [0.2, 0.25) is 0 Å². The zero-order valence-corrected chi connectivity index (χ0v) is 9.59. The average molecular weight is 199 g/mol. The lowest BCUT2D eigenvalue weighted by Gasteiger charge is -2.21. The summed E-state index contributed by atoms with van der Waals surface area (Å²) in [5, 5.41) is 2.90. The van der Waals surface area contributed by atoms with Crippen LogP contribution in [0.3, 0.4) is 0 Å². The van der Waals surface area contributed by atoms with E-state index in [0.29, 0.717) is 6.04 Å². The molecule has 0 aliphatic heterocycles. The standard InChI is InChI=1S/C11H21NO2/c1-8-5-6-9(7-8)12-10(13)14-11(2,3)4/h8-9H,5-7H2,1-4H3,(H,12,13)/t8-,9+/m1/s1. The minimum absolute atomic E-state index is 0.281. The van der Waals surface area contributed by atoms with Gasteiger partial charge in [-0.05, 0) is 46.0 Å². The van der Waals surface area contributed by atoms with Crippen LogP contribution in [0.1, 0.15) is 47.0 Å². The molecule has 0 bridgehead atoms. The van der Waals surface area contributed by atoms with Gasteiger partial charge in [0.05, 0.1) is 0 Å². The summed E-state index contributed by atoms with van der Waals surface area (Å²) in [6, 6.07) is 0.319. The molecule has 2 atom stereocenters. The summed E-state index contributed by atoms with van der Waals surface area (Å²) < 4.78 is 5.18. The van der Waals surface area contributed by atoms with Crippen molar-refractivity contribution in [2.24, 2.45) is 5.92 Å². The zero-order chi connectivity index (χ0) is 10.8. The Balaban J connectivity index is 2.27. The van der Waals surface area contributed by atoms with Crippen molar-refractivity contribution in [2.45, 2.75) is 58.6 Å². The van der Waals surface area contributed by atoms with E-state index in [-0.39, 0.29) is 6.09 Å². The monoisotopic (exact) mass is 199 g/mol. The maximum absolute atomic E-state index is 11.4. The van der Waals surface area contributed by atoms with Gasteiger partial charge in [0.15, 0.2) is 0 Å². The van der Waals surface area contributed by atoms with Crippen molar-refractivity contribution in [3.05, 3.63) is 0 Å². The Kier molecular flexibility index (Phi) is 3.40. The molecule has 0 aromatic heterocycles. The van der Waals surface area contributed by atoms with Crippen molar-refractivity contribution in [3.63, 3.8) is 0 Å². The average Bonchev–Trinajstić information content (AvgIpc) is 2.30. The summed E-state index contributed by atoms with van der Waals surface area (Å²) in [6.07, 6.45) is 3.09. The van der Waals surface area contributed by atoms with E-state index in [0.717, 1.165) is 18.8 Å². The predicted octanol–water partition coefficient (Wildman–Crippen LogP) is 2.70. The first-order chi connectivity index (χ1) is 6.37. The van der Waals surface area contributed by atoms with Gasteiger partial charge in [-0.2, -0.15) is 0 Å². The molecule has 1 aliphatic rings. The van der Waals surface area contributed by atoms with Crippen LogP contribution in [-0.4, -0.2) is 17.7 Å². The first-order valence-electron chi connectivity index (χ1n) is 5.36. The minimum atomic E-state index is -0.395. The molecule has 0 aromatic carbocycles. The Hall–Kier alpha value is -0.730. The second-order valence-electron chi connectivity index (χ2n) is 5.26. The first-order valence-corrected chi connectivity index (χ1v) is 5.36. The lowest BCUT2D eigenvalue weighted by Crippen LogP contribution is -2.37. The Labute approximate surface area is 86.2 Å². The van der Waals surface area contributed by atoms with E-state index in [9.17, 15) is 4.79 Å². The van der Waals surface area contributed by atoms with Gasteiger partial charge in [0.2, 0.25) is 0 Å². The lowest BCUT2D eigenvalue weighted by atomic mass is 10.1. The molecule has 0 spiro atoms. The number of rotatable bonds is 1. The molecule has 0 radical (unpaired) electrons. The number of carbonyl (C=O) groups is 1. The van der Waals surface area contributed by atoms with Crippen LogP contribution < -0.4 is 5.32 Å². The fraction of sp³-hybridized carbons (Fsp3) is 0.909. The van der Waals surface area contributed by atoms with Gasteiger partial charge in [0, 0.05) is 6.04 Å². The third-order valence-electron chi connectivity index (χ3n) is 2.42. The highest BCUT2D eigenvalue weighted by Gasteiger charge is 2.24. The predicted molar refractivity (Wildman–Crippen MR) is 56.2 cm³/mol. The van der Waals surface area contributed by atoms with Crippen molar-refractivity contribution in [3.8, 4) is 0 Å². The number of hydrogen-bond donors (Lipinski definition) is 1. The summed E-state index contributed by atoms with van der Waals surface area (Å²) in [6.45, 7) is 7.86. The summed E-state index contributed by atoms with van der Waals surface area (Å²) in [5.74, 6) is 0.731. The second-order valence-corrected chi connectivity index (χ2v) is 5.26. The molecule has 14 heavy (non-hydrogen) atoms. The summed E-state index contributed by atoms with van der Waals surface area (Å²) in [7, 11) is 0. The molecule has 0 saturated heterocycles. The molecule has 1 aliphatic carbocycles. The third-order valence-corrected chi connectivity index (χ3v) is 2.42. The fourth-order valence-electron chi connectivity index (χ4n) is 1.81. The smallest absolute Gasteiger partial charge is 0.407 e. The van der Waals surface area contributed by atoms with E-state index in [1.165, 1.54) is 6.42 Å². The van der Waals surface area contributed by atoms with Crippen LogP contribution >= 0.6 is 0 Å². The Morgan fingerprint density at radius 1 is 1.36 bits per heavy atom. The van der Waals surface area contributed by atoms with E-state index in [4.69, 9.17) is 4.74 Å². The Morgan fingerprint density at radius 3 is 2.43 bits per heavy atom. The molecule has 0 heterocycles. The Bertz CT molecular complexity index is 208. The summed E-state index contributed by atoms with van der Waals surface area (Å²) in [5.41, 5.74) is -0.395. The van der Waals surface area contributed by atoms with Gasteiger partial charge in [-0.15, -0.1) is 0 Å². The highest BCUT2D eigenvalue weighted by atomic mass is 16.6. The maximum atomic E-state index is 11.4. The molecule has 1 saturated carbocycles. The quantitative estimate of drug-likeness (QED) is 0.705. The summed E-state index contributed by atoms with van der Waals surface area (Å²) >= 11 is 0. The minimum Gasteiger partial charge on any atom is -0.444 e. The molecule has 1 fully saturated rings. The van der Waals surface area contributed by atoms with Crippen LogP contribution in [0.5, 0.6) is 0 Å². The van der Waals surface area contributed by atoms with Crippen LogP contribution in [0, 0.1) is 5.92 Å². The van der Waals surface area contributed by atoms with E-state index < -0.39 is 5.60 Å². The van der Waals surface area contributed by atoms with Gasteiger partial charge in [-0.3, -0.25) is 0 Å². The van der Waals surface area contributed by atoms with Crippen LogP contribution in [0.4, 0.5) is 4.79 Å². The number of nitrogens with one attached hydrogen (secondary N) is 1. The van der Waals surface area contributed by atoms with Gasteiger partial charge >= 0.3 is 6.09 Å². The Morgan fingerprint density at radius 2 is 2.00 bits per heavy atom. The highest BCUT2D eigenvalue weighted by molar-refractivity contribution is 5.68. The molecule has 1 rings (SSSR count). The molecular formula is C11H21NO2. The van der Waals surface area contributed by atoms with Crippen molar-refractivity contribution >= 4 is 6.09 Å². The SMILES string of the molecule is C[C@@H]1CC[C@H](NC(=O)OC(C)(C)C)C1. The lowest BCUT2D eigenvalue weighted by molar-refractivity contribution is 0.0505. The molecule has 3 nitrogen and oxygen atoms in total. The highest BCUT2D eigenvalue weighted by Crippen LogP contribution is 2.24.